The van der Waals surface area contributed by atoms with Crippen molar-refractivity contribution in [1.29, 1.82) is 0 Å². The summed E-state index contributed by atoms with van der Waals surface area (Å²) in [6.07, 6.45) is 2.72. The molecule has 0 radical (unpaired) electrons. The molecule has 1 heterocycles. The van der Waals surface area contributed by atoms with E-state index in [1.54, 1.807) is 0 Å². The summed E-state index contributed by atoms with van der Waals surface area (Å²) in [5, 5.41) is 6.43. The van der Waals surface area contributed by atoms with Crippen molar-refractivity contribution in [2.75, 3.05) is 13.2 Å². The Labute approximate surface area is 110 Å². The zero-order valence-electron chi connectivity index (χ0n) is 11.0. The van der Waals surface area contributed by atoms with Crippen molar-refractivity contribution in [2.45, 2.75) is 58.2 Å². The standard InChI is InChI=1S/C12H24N2O2.ClH/c1-9(2)16-7-5-12(15)14-11-4-6-13-10(3)8-11;/h9-11,13H,4-8H2,1-3H3,(H,14,15);1H. The van der Waals surface area contributed by atoms with Crippen LogP contribution in [0.1, 0.15) is 40.0 Å². The fraction of sp³-hybridized carbons (Fsp3) is 0.917. The first kappa shape index (κ1) is 16.7. The zero-order valence-corrected chi connectivity index (χ0v) is 11.8. The number of rotatable bonds is 5. The molecule has 5 heteroatoms. The van der Waals surface area contributed by atoms with Gasteiger partial charge in [-0.1, -0.05) is 0 Å². The number of halogens is 1. The first-order chi connectivity index (χ1) is 7.58. The van der Waals surface area contributed by atoms with Crippen LogP contribution in [0.15, 0.2) is 0 Å². The Balaban J connectivity index is 0.00000256. The predicted molar refractivity (Wildman–Crippen MR) is 71.6 cm³/mol. The van der Waals surface area contributed by atoms with Crippen LogP contribution >= 0.6 is 12.4 Å². The van der Waals surface area contributed by atoms with E-state index in [0.717, 1.165) is 19.4 Å². The van der Waals surface area contributed by atoms with Crippen molar-refractivity contribution in [1.82, 2.24) is 10.6 Å². The molecule has 2 unspecified atom stereocenters. The van der Waals surface area contributed by atoms with E-state index >= 15 is 0 Å². The van der Waals surface area contributed by atoms with Gasteiger partial charge in [0.25, 0.3) is 0 Å². The van der Waals surface area contributed by atoms with Crippen LogP contribution in [0.2, 0.25) is 0 Å². The zero-order chi connectivity index (χ0) is 12.0. The molecule has 2 atom stereocenters. The van der Waals surface area contributed by atoms with E-state index in [1.807, 2.05) is 13.8 Å². The highest BCUT2D eigenvalue weighted by Gasteiger charge is 2.19. The highest BCUT2D eigenvalue weighted by Crippen LogP contribution is 2.08. The van der Waals surface area contributed by atoms with Gasteiger partial charge in [-0.15, -0.1) is 12.4 Å². The lowest BCUT2D eigenvalue weighted by atomic mass is 10.0. The first-order valence-electron chi connectivity index (χ1n) is 6.22. The van der Waals surface area contributed by atoms with Gasteiger partial charge < -0.3 is 15.4 Å². The van der Waals surface area contributed by atoms with Gasteiger partial charge in [0.15, 0.2) is 0 Å². The molecule has 1 amide bonds. The molecule has 0 aromatic rings. The van der Waals surface area contributed by atoms with Crippen LogP contribution in [-0.4, -0.2) is 37.2 Å². The van der Waals surface area contributed by atoms with Crippen molar-refractivity contribution in [3.63, 3.8) is 0 Å². The number of hydrogen-bond acceptors (Lipinski definition) is 3. The van der Waals surface area contributed by atoms with Crippen molar-refractivity contribution < 1.29 is 9.53 Å². The number of carbonyl (C=O) groups excluding carboxylic acids is 1. The lowest BCUT2D eigenvalue weighted by Crippen LogP contribution is -2.46. The summed E-state index contributed by atoms with van der Waals surface area (Å²) < 4.78 is 5.35. The van der Waals surface area contributed by atoms with Gasteiger partial charge in [-0.25, -0.2) is 0 Å². The van der Waals surface area contributed by atoms with Gasteiger partial charge in [0.1, 0.15) is 0 Å². The van der Waals surface area contributed by atoms with Gasteiger partial charge in [-0.2, -0.15) is 0 Å². The van der Waals surface area contributed by atoms with Crippen molar-refractivity contribution in [2.24, 2.45) is 0 Å². The second-order valence-corrected chi connectivity index (χ2v) is 4.81. The summed E-state index contributed by atoms with van der Waals surface area (Å²) in [6, 6.07) is 0.841. The van der Waals surface area contributed by atoms with Crippen LogP contribution in [0.25, 0.3) is 0 Å². The van der Waals surface area contributed by atoms with E-state index in [4.69, 9.17) is 4.74 Å². The number of nitrogens with one attached hydrogen (secondary N) is 2. The van der Waals surface area contributed by atoms with E-state index in [2.05, 4.69) is 17.6 Å². The monoisotopic (exact) mass is 264 g/mol. The van der Waals surface area contributed by atoms with E-state index in [1.165, 1.54) is 0 Å². The maximum absolute atomic E-state index is 11.6. The van der Waals surface area contributed by atoms with Crippen LogP contribution in [0, 0.1) is 0 Å². The number of ether oxygens (including phenoxy) is 1. The minimum atomic E-state index is 0. The fourth-order valence-electron chi connectivity index (χ4n) is 1.95. The molecular formula is C12H25ClN2O2. The Morgan fingerprint density at radius 3 is 2.82 bits per heavy atom. The summed E-state index contributed by atoms with van der Waals surface area (Å²) in [6.45, 7) is 7.62. The van der Waals surface area contributed by atoms with E-state index in [-0.39, 0.29) is 24.4 Å². The number of carbonyl (C=O) groups is 1. The molecule has 0 spiro atoms. The largest absolute Gasteiger partial charge is 0.378 e. The van der Waals surface area contributed by atoms with E-state index < -0.39 is 0 Å². The summed E-state index contributed by atoms with van der Waals surface area (Å²) >= 11 is 0. The van der Waals surface area contributed by atoms with Crippen molar-refractivity contribution in [3.8, 4) is 0 Å². The summed E-state index contributed by atoms with van der Waals surface area (Å²) in [5.41, 5.74) is 0. The van der Waals surface area contributed by atoms with Gasteiger partial charge in [0, 0.05) is 18.5 Å². The van der Waals surface area contributed by atoms with Crippen LogP contribution in [-0.2, 0) is 9.53 Å². The molecule has 1 aliphatic rings. The average molecular weight is 265 g/mol. The van der Waals surface area contributed by atoms with E-state index in [0.29, 0.717) is 25.1 Å². The van der Waals surface area contributed by atoms with Crippen LogP contribution in [0.4, 0.5) is 0 Å². The summed E-state index contributed by atoms with van der Waals surface area (Å²) in [5.74, 6) is 0.111. The number of hydrogen-bond donors (Lipinski definition) is 2. The molecule has 1 saturated heterocycles. The molecule has 0 aromatic carbocycles. The smallest absolute Gasteiger partial charge is 0.222 e. The quantitative estimate of drug-likeness (QED) is 0.791. The maximum atomic E-state index is 11.6. The molecule has 17 heavy (non-hydrogen) atoms. The molecule has 0 aromatic heterocycles. The average Bonchev–Trinajstić information content (AvgIpc) is 2.16. The number of piperidine rings is 1. The molecule has 0 saturated carbocycles. The Bertz CT molecular complexity index is 225. The number of amides is 1. The van der Waals surface area contributed by atoms with Crippen molar-refractivity contribution in [3.05, 3.63) is 0 Å². The Hall–Kier alpha value is -0.320. The van der Waals surface area contributed by atoms with E-state index in [9.17, 15) is 4.79 Å². The fourth-order valence-corrected chi connectivity index (χ4v) is 1.95. The lowest BCUT2D eigenvalue weighted by Gasteiger charge is -2.28. The van der Waals surface area contributed by atoms with Crippen LogP contribution in [0.5, 0.6) is 0 Å². The molecular weight excluding hydrogens is 240 g/mol. The topological polar surface area (TPSA) is 50.4 Å². The highest BCUT2D eigenvalue weighted by molar-refractivity contribution is 5.85. The lowest BCUT2D eigenvalue weighted by molar-refractivity contribution is -0.123. The van der Waals surface area contributed by atoms with Crippen molar-refractivity contribution >= 4 is 18.3 Å². The van der Waals surface area contributed by atoms with Gasteiger partial charge in [-0.3, -0.25) is 4.79 Å². The van der Waals surface area contributed by atoms with Crippen LogP contribution < -0.4 is 10.6 Å². The maximum Gasteiger partial charge on any atom is 0.222 e. The molecule has 2 N–H and O–H groups in total. The first-order valence-corrected chi connectivity index (χ1v) is 6.22. The molecule has 1 aliphatic heterocycles. The second kappa shape index (κ2) is 8.72. The minimum Gasteiger partial charge on any atom is -0.378 e. The third-order valence-corrected chi connectivity index (χ3v) is 2.77. The Morgan fingerprint density at radius 2 is 2.24 bits per heavy atom. The Morgan fingerprint density at radius 1 is 1.53 bits per heavy atom. The van der Waals surface area contributed by atoms with Gasteiger partial charge in [0.2, 0.25) is 5.91 Å². The summed E-state index contributed by atoms with van der Waals surface area (Å²) in [7, 11) is 0. The summed E-state index contributed by atoms with van der Waals surface area (Å²) in [4.78, 5) is 11.6. The molecule has 1 rings (SSSR count). The van der Waals surface area contributed by atoms with Gasteiger partial charge in [0.05, 0.1) is 12.7 Å². The third-order valence-electron chi connectivity index (χ3n) is 2.77. The van der Waals surface area contributed by atoms with Gasteiger partial charge >= 0.3 is 0 Å². The minimum absolute atomic E-state index is 0. The molecule has 1 fully saturated rings. The Kier molecular flexibility index (Phi) is 8.56. The highest BCUT2D eigenvalue weighted by atomic mass is 35.5. The molecule has 0 bridgehead atoms. The molecule has 102 valence electrons. The molecule has 0 aliphatic carbocycles. The normalized spacial score (nSPS) is 24.2. The van der Waals surface area contributed by atoms with Gasteiger partial charge in [-0.05, 0) is 40.2 Å². The third kappa shape index (κ3) is 7.58. The van der Waals surface area contributed by atoms with Crippen LogP contribution in [0.3, 0.4) is 0 Å². The molecule has 4 nitrogen and oxygen atoms in total. The predicted octanol–water partition coefficient (Wildman–Crippen LogP) is 1.48. The SMILES string of the molecule is CC1CC(NC(=O)CCOC(C)C)CCN1.Cl. The second-order valence-electron chi connectivity index (χ2n) is 4.81.